The van der Waals surface area contributed by atoms with Gasteiger partial charge in [0, 0.05) is 45.3 Å². The summed E-state index contributed by atoms with van der Waals surface area (Å²) < 4.78 is 5.09. The van der Waals surface area contributed by atoms with Crippen LogP contribution in [0.3, 0.4) is 0 Å². The molecule has 0 saturated carbocycles. The minimum atomic E-state index is -0.194. The van der Waals surface area contributed by atoms with Gasteiger partial charge < -0.3 is 19.6 Å². The average molecular weight is 424 g/mol. The number of hydrogen-bond donors (Lipinski definition) is 1. The summed E-state index contributed by atoms with van der Waals surface area (Å²) in [6.45, 7) is 3.81. The Balaban J connectivity index is 1.35. The van der Waals surface area contributed by atoms with Gasteiger partial charge in [-0.05, 0) is 30.5 Å². The molecule has 0 bridgehead atoms. The summed E-state index contributed by atoms with van der Waals surface area (Å²) in [5.74, 6) is 0.420. The second-order valence-electron chi connectivity index (χ2n) is 8.11. The first kappa shape index (κ1) is 21.2. The molecule has 0 aromatic heterocycles. The van der Waals surface area contributed by atoms with Gasteiger partial charge in [-0.2, -0.15) is 0 Å². The molecular weight excluding hydrogens is 394 g/mol. The second-order valence-corrected chi connectivity index (χ2v) is 8.11. The number of aromatic hydroxyl groups is 1. The van der Waals surface area contributed by atoms with Gasteiger partial charge in [0.2, 0.25) is 5.91 Å². The van der Waals surface area contributed by atoms with E-state index in [0.29, 0.717) is 38.5 Å². The quantitative estimate of drug-likeness (QED) is 0.799. The SMILES string of the molecule is COc1ccc(C(=O)N2CCN([C@@H]3CCCN(Cc4ccccc4)C3=O)CC2)c(O)c1. The number of likely N-dealkylation sites (tertiary alicyclic amines) is 1. The molecule has 31 heavy (non-hydrogen) atoms. The molecular formula is C24H29N3O4. The lowest BCUT2D eigenvalue weighted by Crippen LogP contribution is -2.58. The minimum Gasteiger partial charge on any atom is -0.507 e. The summed E-state index contributed by atoms with van der Waals surface area (Å²) in [6.07, 6.45) is 1.85. The van der Waals surface area contributed by atoms with Gasteiger partial charge in [-0.1, -0.05) is 30.3 Å². The van der Waals surface area contributed by atoms with E-state index in [-0.39, 0.29) is 29.2 Å². The zero-order valence-electron chi connectivity index (χ0n) is 17.9. The predicted molar refractivity (Wildman–Crippen MR) is 117 cm³/mol. The maximum Gasteiger partial charge on any atom is 0.257 e. The summed E-state index contributed by atoms with van der Waals surface area (Å²) in [4.78, 5) is 31.9. The molecule has 7 nitrogen and oxygen atoms in total. The molecule has 2 amide bonds. The Labute approximate surface area is 182 Å². The third-order valence-electron chi connectivity index (χ3n) is 6.20. The van der Waals surface area contributed by atoms with Crippen LogP contribution in [0.2, 0.25) is 0 Å². The van der Waals surface area contributed by atoms with Gasteiger partial charge in [0.15, 0.2) is 0 Å². The van der Waals surface area contributed by atoms with Crippen molar-refractivity contribution in [3.63, 3.8) is 0 Å². The number of carbonyl (C=O) groups is 2. The van der Waals surface area contributed by atoms with Crippen molar-refractivity contribution in [3.05, 3.63) is 59.7 Å². The van der Waals surface area contributed by atoms with Crippen molar-refractivity contribution in [2.45, 2.75) is 25.4 Å². The molecule has 2 fully saturated rings. The topological polar surface area (TPSA) is 73.3 Å². The van der Waals surface area contributed by atoms with Crippen LogP contribution in [-0.4, -0.2) is 77.5 Å². The number of phenolic OH excluding ortho intramolecular Hbond substituents is 1. The van der Waals surface area contributed by atoms with Gasteiger partial charge in [-0.25, -0.2) is 0 Å². The second kappa shape index (κ2) is 9.39. The lowest BCUT2D eigenvalue weighted by molar-refractivity contribution is -0.141. The van der Waals surface area contributed by atoms with Crippen LogP contribution in [0.15, 0.2) is 48.5 Å². The third kappa shape index (κ3) is 4.66. The average Bonchev–Trinajstić information content (AvgIpc) is 2.81. The van der Waals surface area contributed by atoms with Gasteiger partial charge >= 0.3 is 0 Å². The molecule has 2 aliphatic heterocycles. The van der Waals surface area contributed by atoms with E-state index in [2.05, 4.69) is 17.0 Å². The maximum atomic E-state index is 13.1. The zero-order chi connectivity index (χ0) is 21.8. The van der Waals surface area contributed by atoms with Gasteiger partial charge in [0.05, 0.1) is 18.7 Å². The number of benzene rings is 2. The van der Waals surface area contributed by atoms with Crippen molar-refractivity contribution in [3.8, 4) is 11.5 Å². The van der Waals surface area contributed by atoms with E-state index >= 15 is 0 Å². The molecule has 1 N–H and O–H groups in total. The number of nitrogens with zero attached hydrogens (tertiary/aromatic N) is 3. The minimum absolute atomic E-state index is 0.0780. The van der Waals surface area contributed by atoms with E-state index in [1.807, 2.05) is 23.1 Å². The van der Waals surface area contributed by atoms with E-state index in [4.69, 9.17) is 4.74 Å². The van der Waals surface area contributed by atoms with Crippen molar-refractivity contribution in [1.29, 1.82) is 0 Å². The number of rotatable bonds is 5. The van der Waals surface area contributed by atoms with Crippen LogP contribution < -0.4 is 4.74 Å². The van der Waals surface area contributed by atoms with Gasteiger partial charge in [-0.3, -0.25) is 14.5 Å². The number of methoxy groups -OCH3 is 1. The number of amides is 2. The Bertz CT molecular complexity index is 926. The fourth-order valence-corrected chi connectivity index (χ4v) is 4.45. The first-order valence-corrected chi connectivity index (χ1v) is 10.8. The molecule has 164 valence electrons. The molecule has 2 saturated heterocycles. The fraction of sp³-hybridized carbons (Fsp3) is 0.417. The van der Waals surface area contributed by atoms with E-state index < -0.39 is 0 Å². The molecule has 2 heterocycles. The van der Waals surface area contributed by atoms with E-state index in [9.17, 15) is 14.7 Å². The number of hydrogen-bond acceptors (Lipinski definition) is 5. The standard InChI is InChI=1S/C24H29N3O4/c1-31-19-9-10-20(22(28)16-19)23(29)26-14-12-25(13-15-26)21-8-5-11-27(24(21)30)17-18-6-3-2-4-7-18/h2-4,6-7,9-10,16,21,28H,5,8,11-15,17H2,1H3/t21-/m1/s1. The predicted octanol–water partition coefficient (Wildman–Crippen LogP) is 2.35. The number of ether oxygens (including phenoxy) is 1. The van der Waals surface area contributed by atoms with Gasteiger partial charge in [0.25, 0.3) is 5.91 Å². The smallest absolute Gasteiger partial charge is 0.257 e. The fourth-order valence-electron chi connectivity index (χ4n) is 4.45. The molecule has 0 spiro atoms. The molecule has 0 unspecified atom stereocenters. The Morgan fingerprint density at radius 2 is 1.81 bits per heavy atom. The van der Waals surface area contributed by atoms with Crippen LogP contribution in [0.1, 0.15) is 28.8 Å². The summed E-state index contributed by atoms with van der Waals surface area (Å²) in [7, 11) is 1.52. The first-order chi connectivity index (χ1) is 15.1. The highest BCUT2D eigenvalue weighted by molar-refractivity contribution is 5.97. The summed E-state index contributed by atoms with van der Waals surface area (Å²) in [5.41, 5.74) is 1.42. The molecule has 0 aliphatic carbocycles. The number of carbonyl (C=O) groups excluding carboxylic acids is 2. The van der Waals surface area contributed by atoms with Crippen LogP contribution in [0.5, 0.6) is 11.5 Å². The monoisotopic (exact) mass is 423 g/mol. The Morgan fingerprint density at radius 3 is 2.48 bits per heavy atom. The normalized spacial score (nSPS) is 20.0. The maximum absolute atomic E-state index is 13.1. The van der Waals surface area contributed by atoms with Crippen molar-refractivity contribution < 1.29 is 19.4 Å². The third-order valence-corrected chi connectivity index (χ3v) is 6.20. The van der Waals surface area contributed by atoms with Crippen molar-refractivity contribution in [2.75, 3.05) is 39.8 Å². The van der Waals surface area contributed by atoms with Crippen molar-refractivity contribution >= 4 is 11.8 Å². The van der Waals surface area contributed by atoms with Crippen LogP contribution in [-0.2, 0) is 11.3 Å². The van der Waals surface area contributed by atoms with Crippen LogP contribution in [0, 0.1) is 0 Å². The lowest BCUT2D eigenvalue weighted by atomic mass is 10.0. The van der Waals surface area contributed by atoms with Gasteiger partial charge in [0.1, 0.15) is 11.5 Å². The first-order valence-electron chi connectivity index (χ1n) is 10.8. The Kier molecular flexibility index (Phi) is 6.42. The molecule has 4 rings (SSSR count). The van der Waals surface area contributed by atoms with Crippen LogP contribution in [0.4, 0.5) is 0 Å². The molecule has 0 radical (unpaired) electrons. The highest BCUT2D eigenvalue weighted by atomic mass is 16.5. The van der Waals surface area contributed by atoms with Crippen molar-refractivity contribution in [2.24, 2.45) is 0 Å². The lowest BCUT2D eigenvalue weighted by Gasteiger charge is -2.42. The molecule has 2 aromatic rings. The molecule has 1 atom stereocenters. The summed E-state index contributed by atoms with van der Waals surface area (Å²) in [5, 5.41) is 10.2. The highest BCUT2D eigenvalue weighted by Gasteiger charge is 2.35. The van der Waals surface area contributed by atoms with Crippen LogP contribution in [0.25, 0.3) is 0 Å². The van der Waals surface area contributed by atoms with E-state index in [0.717, 1.165) is 24.9 Å². The van der Waals surface area contributed by atoms with E-state index in [1.165, 1.54) is 13.2 Å². The van der Waals surface area contributed by atoms with E-state index in [1.54, 1.807) is 17.0 Å². The largest absolute Gasteiger partial charge is 0.507 e. The molecule has 7 heteroatoms. The zero-order valence-corrected chi connectivity index (χ0v) is 17.9. The summed E-state index contributed by atoms with van der Waals surface area (Å²) >= 11 is 0. The van der Waals surface area contributed by atoms with Gasteiger partial charge in [-0.15, -0.1) is 0 Å². The number of phenols is 1. The Hall–Kier alpha value is -3.06. The Morgan fingerprint density at radius 1 is 1.06 bits per heavy atom. The van der Waals surface area contributed by atoms with Crippen LogP contribution >= 0.6 is 0 Å². The molecule has 2 aromatic carbocycles. The number of piperazine rings is 1. The number of piperidine rings is 1. The summed E-state index contributed by atoms with van der Waals surface area (Å²) in [6, 6.07) is 14.7. The highest BCUT2D eigenvalue weighted by Crippen LogP contribution is 2.26. The molecule has 2 aliphatic rings. The van der Waals surface area contributed by atoms with Crippen molar-refractivity contribution in [1.82, 2.24) is 14.7 Å².